The SMILES string of the molecule is C.C.C.C.C.CCCO.CCCOC.[Y]. The first-order valence-corrected chi connectivity index (χ1v) is 3.43. The van der Waals surface area contributed by atoms with Crippen molar-refractivity contribution >= 4 is 0 Å². The van der Waals surface area contributed by atoms with Gasteiger partial charge in [0.05, 0.1) is 0 Å². The second kappa shape index (κ2) is 81.4. The second-order valence-corrected chi connectivity index (χ2v) is 1.72. The maximum Gasteiger partial charge on any atom is 0.0459 e. The molecule has 0 aromatic rings. The van der Waals surface area contributed by atoms with Gasteiger partial charge in [-0.2, -0.15) is 0 Å². The van der Waals surface area contributed by atoms with Crippen molar-refractivity contribution in [3.63, 3.8) is 0 Å². The van der Waals surface area contributed by atoms with Crippen LogP contribution in [0.1, 0.15) is 63.8 Å². The van der Waals surface area contributed by atoms with E-state index in [1.165, 1.54) is 0 Å². The summed E-state index contributed by atoms with van der Waals surface area (Å²) in [5.41, 5.74) is 0. The van der Waals surface area contributed by atoms with Crippen LogP contribution in [0.2, 0.25) is 0 Å². The fourth-order valence-corrected chi connectivity index (χ4v) is 0.204. The largest absolute Gasteiger partial charge is 0.396 e. The molecule has 15 heavy (non-hydrogen) atoms. The van der Waals surface area contributed by atoms with Crippen LogP contribution in [0.5, 0.6) is 0 Å². The predicted octanol–water partition coefficient (Wildman–Crippen LogP) is 4.61. The Morgan fingerprint density at radius 3 is 1.13 bits per heavy atom. The first-order valence-electron chi connectivity index (χ1n) is 3.43. The molecule has 0 heterocycles. The van der Waals surface area contributed by atoms with Crippen molar-refractivity contribution in [2.24, 2.45) is 0 Å². The molecule has 0 atom stereocenters. The Kier molecular flexibility index (Phi) is 305. The summed E-state index contributed by atoms with van der Waals surface area (Å²) in [5, 5.41) is 7.88. The van der Waals surface area contributed by atoms with E-state index in [0.717, 1.165) is 19.4 Å². The Bertz CT molecular complexity index is 32.8. The van der Waals surface area contributed by atoms with Crippen LogP contribution < -0.4 is 0 Å². The smallest absolute Gasteiger partial charge is 0.0459 e. The van der Waals surface area contributed by atoms with E-state index in [9.17, 15) is 0 Å². The van der Waals surface area contributed by atoms with Crippen LogP contribution in [0, 0.1) is 0 Å². The molecule has 1 N–H and O–H groups in total. The maximum absolute atomic E-state index is 7.88. The topological polar surface area (TPSA) is 29.5 Å². The minimum absolute atomic E-state index is 0. The van der Waals surface area contributed by atoms with Gasteiger partial charge in [-0.1, -0.05) is 51.0 Å². The van der Waals surface area contributed by atoms with Crippen molar-refractivity contribution in [3.05, 3.63) is 0 Å². The standard InChI is InChI=1S/C4H10O.C3H8O.5CH4.Y/c1-3-4-5-2;1-2-3-4;;;;;;/h3-4H2,1-2H3;4H,2-3H2,1H3;5*1H4;. The summed E-state index contributed by atoms with van der Waals surface area (Å²) < 4.78 is 4.69. The molecular weight excluding hydrogens is 265 g/mol. The molecule has 0 spiro atoms. The third-order valence-corrected chi connectivity index (χ3v) is 0.632. The summed E-state index contributed by atoms with van der Waals surface area (Å²) in [7, 11) is 1.71. The zero-order valence-corrected chi connectivity index (χ0v) is 10.1. The van der Waals surface area contributed by atoms with Crippen molar-refractivity contribution in [1.82, 2.24) is 0 Å². The molecule has 0 amide bonds. The van der Waals surface area contributed by atoms with Gasteiger partial charge in [0, 0.05) is 53.0 Å². The van der Waals surface area contributed by atoms with E-state index in [-0.39, 0.29) is 69.8 Å². The molecule has 0 bridgehead atoms. The van der Waals surface area contributed by atoms with Crippen molar-refractivity contribution in [1.29, 1.82) is 0 Å². The first-order chi connectivity index (χ1) is 4.33. The van der Waals surface area contributed by atoms with Crippen LogP contribution in [-0.2, 0) is 37.4 Å². The van der Waals surface area contributed by atoms with Crippen molar-refractivity contribution in [3.8, 4) is 0 Å². The average molecular weight is 303 g/mol. The molecule has 0 aliphatic heterocycles. The number of hydrogen-bond donors (Lipinski definition) is 1. The molecule has 0 aliphatic rings. The van der Waals surface area contributed by atoms with Gasteiger partial charge in [0.25, 0.3) is 0 Å². The number of aliphatic hydroxyl groups excluding tert-OH is 1. The summed E-state index contributed by atoms with van der Waals surface area (Å²) in [6, 6.07) is 0. The molecule has 1 radical (unpaired) electrons. The Morgan fingerprint density at radius 1 is 0.867 bits per heavy atom. The van der Waals surface area contributed by atoms with E-state index in [1.54, 1.807) is 7.11 Å². The van der Waals surface area contributed by atoms with Gasteiger partial charge in [-0.05, 0) is 12.8 Å². The van der Waals surface area contributed by atoms with Gasteiger partial charge in [-0.25, -0.2) is 0 Å². The van der Waals surface area contributed by atoms with Gasteiger partial charge in [-0.15, -0.1) is 0 Å². The van der Waals surface area contributed by atoms with E-state index < -0.39 is 0 Å². The van der Waals surface area contributed by atoms with Crippen molar-refractivity contribution in [2.75, 3.05) is 20.3 Å². The number of aliphatic hydroxyl groups is 1. The third kappa shape index (κ3) is 157. The molecule has 0 aromatic carbocycles. The Hall–Kier alpha value is 1.02. The Balaban J connectivity index is -0.00000000785. The van der Waals surface area contributed by atoms with Gasteiger partial charge >= 0.3 is 0 Å². The van der Waals surface area contributed by atoms with Gasteiger partial charge in [0.1, 0.15) is 0 Å². The molecular formula is C12H38O2Y. The van der Waals surface area contributed by atoms with E-state index in [1.807, 2.05) is 6.92 Å². The molecule has 2 nitrogen and oxygen atoms in total. The Labute approximate surface area is 126 Å². The van der Waals surface area contributed by atoms with Gasteiger partial charge < -0.3 is 9.84 Å². The molecule has 0 fully saturated rings. The van der Waals surface area contributed by atoms with Crippen molar-refractivity contribution in [2.45, 2.75) is 63.8 Å². The van der Waals surface area contributed by atoms with Gasteiger partial charge in [0.15, 0.2) is 0 Å². The molecule has 0 saturated carbocycles. The fourth-order valence-electron chi connectivity index (χ4n) is 0.204. The average Bonchev–Trinajstić information content (AvgIpc) is 1.91. The van der Waals surface area contributed by atoms with Gasteiger partial charge in [-0.3, -0.25) is 0 Å². The van der Waals surface area contributed by atoms with Gasteiger partial charge in [0.2, 0.25) is 0 Å². The summed E-state index contributed by atoms with van der Waals surface area (Å²) in [6.07, 6.45) is 2.00. The quantitative estimate of drug-likeness (QED) is 0.825. The number of rotatable bonds is 3. The maximum atomic E-state index is 7.88. The Morgan fingerprint density at radius 2 is 1.13 bits per heavy atom. The minimum Gasteiger partial charge on any atom is -0.396 e. The number of hydrogen-bond acceptors (Lipinski definition) is 2. The minimum atomic E-state index is 0. The van der Waals surface area contributed by atoms with Crippen LogP contribution in [0.25, 0.3) is 0 Å². The molecule has 0 aromatic heterocycles. The summed E-state index contributed by atoms with van der Waals surface area (Å²) in [5.74, 6) is 0. The summed E-state index contributed by atoms with van der Waals surface area (Å²) in [6.45, 7) is 5.23. The zero-order chi connectivity index (χ0) is 7.54. The summed E-state index contributed by atoms with van der Waals surface area (Å²) >= 11 is 0. The van der Waals surface area contributed by atoms with E-state index >= 15 is 0 Å². The zero-order valence-electron chi connectivity index (χ0n) is 7.26. The third-order valence-electron chi connectivity index (χ3n) is 0.632. The van der Waals surface area contributed by atoms with Crippen LogP contribution in [0.3, 0.4) is 0 Å². The molecule has 0 saturated heterocycles. The fraction of sp³-hybridized carbons (Fsp3) is 1.00. The van der Waals surface area contributed by atoms with E-state index in [4.69, 9.17) is 9.84 Å². The first kappa shape index (κ1) is 56.2. The monoisotopic (exact) mass is 303 g/mol. The van der Waals surface area contributed by atoms with Crippen LogP contribution in [-0.4, -0.2) is 25.4 Å². The van der Waals surface area contributed by atoms with E-state index in [2.05, 4.69) is 6.92 Å². The number of methoxy groups -OCH3 is 1. The van der Waals surface area contributed by atoms with Crippen LogP contribution in [0.4, 0.5) is 0 Å². The molecule has 101 valence electrons. The normalized spacial score (nSPS) is 4.80. The predicted molar refractivity (Wildman–Crippen MR) is 73.2 cm³/mol. The molecule has 0 unspecified atom stereocenters. The molecule has 0 aliphatic carbocycles. The summed E-state index contributed by atoms with van der Waals surface area (Å²) in [4.78, 5) is 0. The van der Waals surface area contributed by atoms with Crippen LogP contribution >= 0.6 is 0 Å². The van der Waals surface area contributed by atoms with Crippen molar-refractivity contribution < 1.29 is 42.6 Å². The number of ether oxygens (including phenoxy) is 1. The van der Waals surface area contributed by atoms with Crippen LogP contribution in [0.15, 0.2) is 0 Å². The second-order valence-electron chi connectivity index (χ2n) is 1.72. The van der Waals surface area contributed by atoms with E-state index in [0.29, 0.717) is 6.61 Å². The molecule has 3 heteroatoms. The molecule has 0 rings (SSSR count).